The second-order valence-corrected chi connectivity index (χ2v) is 5.82. The summed E-state index contributed by atoms with van der Waals surface area (Å²) in [6, 6.07) is 13.9. The van der Waals surface area contributed by atoms with Gasteiger partial charge in [0, 0.05) is 10.9 Å². The number of furan rings is 1. The van der Waals surface area contributed by atoms with Crippen molar-refractivity contribution in [1.82, 2.24) is 5.43 Å². The third-order valence-electron chi connectivity index (χ3n) is 3.89. The Morgan fingerprint density at radius 2 is 2.00 bits per heavy atom. The Hall–Kier alpha value is -3.81. The lowest BCUT2D eigenvalue weighted by Gasteiger charge is -2.15. The molecule has 0 radical (unpaired) electrons. The summed E-state index contributed by atoms with van der Waals surface area (Å²) in [6.07, 6.45) is 0.251. The number of carboxylic acids is 1. The number of methoxy groups -OCH3 is 1. The molecule has 0 spiro atoms. The summed E-state index contributed by atoms with van der Waals surface area (Å²) in [7, 11) is 1.44. The zero-order valence-electron chi connectivity index (χ0n) is 15.2. The highest BCUT2D eigenvalue weighted by atomic mass is 16.5. The molecular weight excluding hydrogens is 364 g/mol. The standard InChI is InChI=1S/C20H18N2O6/c1-12(20(24)25)27-18-14(7-5-9-16(18)26-2)11-21-22-19(23)17-10-13-6-3-4-8-15(13)28-17/h3-12H,1-2H3,(H,22,23)(H,24,25)/b21-11+/t12-/m1/s1. The van der Waals surface area contributed by atoms with Gasteiger partial charge in [-0.25, -0.2) is 10.2 Å². The van der Waals surface area contributed by atoms with Gasteiger partial charge in [0.2, 0.25) is 0 Å². The number of ether oxygens (including phenoxy) is 2. The van der Waals surface area contributed by atoms with Crippen molar-refractivity contribution in [2.24, 2.45) is 5.10 Å². The van der Waals surface area contributed by atoms with Crippen molar-refractivity contribution < 1.29 is 28.6 Å². The molecule has 2 N–H and O–H groups in total. The molecule has 1 amide bonds. The molecule has 28 heavy (non-hydrogen) atoms. The number of carboxylic acid groups (broad SMARTS) is 1. The Morgan fingerprint density at radius 1 is 1.21 bits per heavy atom. The molecule has 1 heterocycles. The summed E-state index contributed by atoms with van der Waals surface area (Å²) in [5.74, 6) is -0.953. The van der Waals surface area contributed by atoms with Crippen LogP contribution in [-0.4, -0.2) is 36.4 Å². The number of amides is 1. The minimum absolute atomic E-state index is 0.125. The lowest BCUT2D eigenvalue weighted by molar-refractivity contribution is -0.144. The van der Waals surface area contributed by atoms with Crippen molar-refractivity contribution in [2.45, 2.75) is 13.0 Å². The number of hydrazone groups is 1. The Kier molecular flexibility index (Phi) is 5.59. The average molecular weight is 382 g/mol. The van der Waals surface area contributed by atoms with E-state index in [2.05, 4.69) is 10.5 Å². The van der Waals surface area contributed by atoms with Crippen LogP contribution in [0.2, 0.25) is 0 Å². The maximum Gasteiger partial charge on any atom is 0.344 e. The summed E-state index contributed by atoms with van der Waals surface area (Å²) in [5, 5.41) is 13.8. The van der Waals surface area contributed by atoms with Crippen LogP contribution in [-0.2, 0) is 4.79 Å². The number of aliphatic carboxylic acids is 1. The predicted octanol–water partition coefficient (Wildman–Crippen LogP) is 3.06. The molecule has 8 nitrogen and oxygen atoms in total. The summed E-state index contributed by atoms with van der Waals surface area (Å²) in [4.78, 5) is 23.3. The first-order valence-electron chi connectivity index (χ1n) is 8.38. The van der Waals surface area contributed by atoms with Crippen LogP contribution < -0.4 is 14.9 Å². The van der Waals surface area contributed by atoms with Crippen LogP contribution in [0.25, 0.3) is 11.0 Å². The molecule has 0 aliphatic heterocycles. The Balaban J connectivity index is 1.77. The predicted molar refractivity (Wildman–Crippen MR) is 102 cm³/mol. The number of nitrogens with zero attached hydrogens (tertiary/aromatic N) is 1. The molecule has 8 heteroatoms. The van der Waals surface area contributed by atoms with E-state index in [0.717, 1.165) is 5.39 Å². The Labute approximate surface area is 160 Å². The van der Waals surface area contributed by atoms with Crippen molar-refractivity contribution in [1.29, 1.82) is 0 Å². The van der Waals surface area contributed by atoms with Gasteiger partial charge in [-0.2, -0.15) is 5.10 Å². The number of para-hydroxylation sites is 2. The monoisotopic (exact) mass is 382 g/mol. The molecule has 0 aliphatic rings. The van der Waals surface area contributed by atoms with Crippen LogP contribution in [0.3, 0.4) is 0 Å². The number of hydrogen-bond donors (Lipinski definition) is 2. The van der Waals surface area contributed by atoms with Gasteiger partial charge in [0.05, 0.1) is 13.3 Å². The zero-order valence-corrected chi connectivity index (χ0v) is 15.2. The van der Waals surface area contributed by atoms with Crippen molar-refractivity contribution >= 4 is 29.1 Å². The van der Waals surface area contributed by atoms with Crippen LogP contribution in [0.1, 0.15) is 23.0 Å². The molecule has 0 unspecified atom stereocenters. The smallest absolute Gasteiger partial charge is 0.344 e. The van der Waals surface area contributed by atoms with Gasteiger partial charge in [-0.15, -0.1) is 0 Å². The summed E-state index contributed by atoms with van der Waals surface area (Å²) >= 11 is 0. The fraction of sp³-hybridized carbons (Fsp3) is 0.150. The van der Waals surface area contributed by atoms with Crippen LogP contribution in [0.15, 0.2) is 58.0 Å². The van der Waals surface area contributed by atoms with Gasteiger partial charge in [0.15, 0.2) is 23.4 Å². The zero-order chi connectivity index (χ0) is 20.1. The number of fused-ring (bicyclic) bond motifs is 1. The quantitative estimate of drug-likeness (QED) is 0.480. The lowest BCUT2D eigenvalue weighted by atomic mass is 10.2. The van der Waals surface area contributed by atoms with Crippen LogP contribution >= 0.6 is 0 Å². The largest absolute Gasteiger partial charge is 0.493 e. The molecule has 0 bridgehead atoms. The molecule has 0 saturated carbocycles. The van der Waals surface area contributed by atoms with Crippen molar-refractivity contribution in [3.63, 3.8) is 0 Å². The molecule has 3 aromatic rings. The van der Waals surface area contributed by atoms with Gasteiger partial charge in [-0.3, -0.25) is 4.79 Å². The molecule has 3 rings (SSSR count). The number of hydrogen-bond acceptors (Lipinski definition) is 6. The molecule has 144 valence electrons. The fourth-order valence-electron chi connectivity index (χ4n) is 2.46. The normalized spacial score (nSPS) is 12.1. The van der Waals surface area contributed by atoms with E-state index in [1.54, 1.807) is 30.3 Å². The highest BCUT2D eigenvalue weighted by molar-refractivity contribution is 5.96. The number of carbonyl (C=O) groups excluding carboxylic acids is 1. The van der Waals surface area contributed by atoms with E-state index in [1.807, 2.05) is 18.2 Å². The Morgan fingerprint density at radius 3 is 2.71 bits per heavy atom. The second-order valence-electron chi connectivity index (χ2n) is 5.82. The molecule has 1 aromatic heterocycles. The highest BCUT2D eigenvalue weighted by Crippen LogP contribution is 2.31. The number of rotatable bonds is 7. The van der Waals surface area contributed by atoms with E-state index in [1.165, 1.54) is 20.2 Å². The van der Waals surface area contributed by atoms with Crippen molar-refractivity contribution in [2.75, 3.05) is 7.11 Å². The minimum atomic E-state index is -1.12. The van der Waals surface area contributed by atoms with Gasteiger partial charge in [0.1, 0.15) is 5.58 Å². The number of benzene rings is 2. The van der Waals surface area contributed by atoms with Crippen LogP contribution in [0.4, 0.5) is 0 Å². The first-order valence-corrected chi connectivity index (χ1v) is 8.38. The van der Waals surface area contributed by atoms with Gasteiger partial charge in [-0.05, 0) is 31.2 Å². The van der Waals surface area contributed by atoms with E-state index < -0.39 is 18.0 Å². The summed E-state index contributed by atoms with van der Waals surface area (Å²) < 4.78 is 16.2. The molecule has 1 atom stereocenters. The van der Waals surface area contributed by atoms with E-state index in [0.29, 0.717) is 16.9 Å². The average Bonchev–Trinajstić information content (AvgIpc) is 3.13. The van der Waals surface area contributed by atoms with E-state index in [-0.39, 0.29) is 11.5 Å². The fourth-order valence-corrected chi connectivity index (χ4v) is 2.46. The topological polar surface area (TPSA) is 110 Å². The van der Waals surface area contributed by atoms with Gasteiger partial charge in [0.25, 0.3) is 0 Å². The highest BCUT2D eigenvalue weighted by Gasteiger charge is 2.18. The molecule has 0 saturated heterocycles. The molecular formula is C20H18N2O6. The molecule has 0 aliphatic carbocycles. The first-order chi connectivity index (χ1) is 13.5. The van der Waals surface area contributed by atoms with Gasteiger partial charge in [-0.1, -0.05) is 24.3 Å². The molecule has 2 aromatic carbocycles. The SMILES string of the molecule is COc1cccc(/C=N/NC(=O)c2cc3ccccc3o2)c1O[C@H](C)C(=O)O. The summed E-state index contributed by atoms with van der Waals surface area (Å²) in [5.41, 5.74) is 3.42. The number of nitrogens with one attached hydrogen (secondary N) is 1. The van der Waals surface area contributed by atoms with Crippen molar-refractivity contribution in [3.8, 4) is 11.5 Å². The van der Waals surface area contributed by atoms with Gasteiger partial charge >= 0.3 is 11.9 Å². The van der Waals surface area contributed by atoms with E-state index in [9.17, 15) is 9.59 Å². The van der Waals surface area contributed by atoms with E-state index in [4.69, 9.17) is 19.0 Å². The maximum absolute atomic E-state index is 12.2. The maximum atomic E-state index is 12.2. The van der Waals surface area contributed by atoms with Crippen LogP contribution in [0, 0.1) is 0 Å². The van der Waals surface area contributed by atoms with Gasteiger partial charge < -0.3 is 19.0 Å². The molecule has 0 fully saturated rings. The second kappa shape index (κ2) is 8.26. The lowest BCUT2D eigenvalue weighted by Crippen LogP contribution is -2.23. The third kappa shape index (κ3) is 4.12. The Bertz CT molecular complexity index is 1010. The van der Waals surface area contributed by atoms with Crippen LogP contribution in [0.5, 0.6) is 11.5 Å². The van der Waals surface area contributed by atoms with Crippen molar-refractivity contribution in [3.05, 3.63) is 59.9 Å². The number of carbonyl (C=O) groups is 2. The third-order valence-corrected chi connectivity index (χ3v) is 3.89. The minimum Gasteiger partial charge on any atom is -0.493 e. The van der Waals surface area contributed by atoms with E-state index >= 15 is 0 Å². The summed E-state index contributed by atoms with van der Waals surface area (Å²) in [6.45, 7) is 1.40. The first kappa shape index (κ1) is 19.0.